The molecule has 0 amide bonds. The average molecular weight is 236 g/mol. The largest absolute Gasteiger partial charge is 0.114 e. The molecule has 0 saturated carbocycles. The summed E-state index contributed by atoms with van der Waals surface area (Å²) in [5.74, 6) is 0. The van der Waals surface area contributed by atoms with Crippen LogP contribution in [0, 0.1) is 0 Å². The van der Waals surface area contributed by atoms with Crippen LogP contribution in [0.4, 0.5) is 0 Å². The SMILES string of the molecule is C=Cc1cccc2c1[Si](C)(C)c1ccccc1-2. The minimum absolute atomic E-state index is 1.32. The molecule has 3 rings (SSSR count). The highest BCUT2D eigenvalue weighted by Crippen LogP contribution is 2.29. The van der Waals surface area contributed by atoms with E-state index in [0.29, 0.717) is 0 Å². The number of benzene rings is 2. The summed E-state index contributed by atoms with van der Waals surface area (Å²) in [6.45, 7) is 8.83. The molecule has 0 radical (unpaired) electrons. The Hall–Kier alpha value is -1.60. The van der Waals surface area contributed by atoms with Gasteiger partial charge in [-0.05, 0) is 27.1 Å². The molecule has 1 aliphatic heterocycles. The Morgan fingerprint density at radius 1 is 0.941 bits per heavy atom. The predicted molar refractivity (Wildman–Crippen MR) is 78.7 cm³/mol. The first kappa shape index (κ1) is 10.5. The molecular formula is C16H16Si. The van der Waals surface area contributed by atoms with Crippen molar-refractivity contribution in [2.75, 3.05) is 0 Å². The van der Waals surface area contributed by atoms with Gasteiger partial charge in [0, 0.05) is 0 Å². The van der Waals surface area contributed by atoms with E-state index in [1.54, 1.807) is 10.4 Å². The van der Waals surface area contributed by atoms with Gasteiger partial charge in [0.1, 0.15) is 8.07 Å². The van der Waals surface area contributed by atoms with E-state index in [1.807, 2.05) is 6.08 Å². The number of rotatable bonds is 1. The quantitative estimate of drug-likeness (QED) is 0.667. The number of hydrogen-bond donors (Lipinski definition) is 0. The molecule has 17 heavy (non-hydrogen) atoms. The van der Waals surface area contributed by atoms with Gasteiger partial charge in [0.2, 0.25) is 0 Å². The van der Waals surface area contributed by atoms with Gasteiger partial charge in [0.15, 0.2) is 0 Å². The van der Waals surface area contributed by atoms with Crippen LogP contribution in [0.3, 0.4) is 0 Å². The van der Waals surface area contributed by atoms with Gasteiger partial charge >= 0.3 is 0 Å². The van der Waals surface area contributed by atoms with Crippen LogP contribution in [0.25, 0.3) is 17.2 Å². The Balaban J connectivity index is 2.43. The second-order valence-corrected chi connectivity index (χ2v) is 9.43. The van der Waals surface area contributed by atoms with Crippen molar-refractivity contribution in [1.82, 2.24) is 0 Å². The summed E-state index contributed by atoms with van der Waals surface area (Å²) in [7, 11) is -1.52. The Labute approximate surface area is 104 Å². The van der Waals surface area contributed by atoms with Gasteiger partial charge in [0.05, 0.1) is 0 Å². The molecule has 0 fully saturated rings. The van der Waals surface area contributed by atoms with Gasteiger partial charge in [0.25, 0.3) is 0 Å². The van der Waals surface area contributed by atoms with Crippen LogP contribution in [0.2, 0.25) is 13.1 Å². The summed E-state index contributed by atoms with van der Waals surface area (Å²) in [6, 6.07) is 15.4. The lowest BCUT2D eigenvalue weighted by Gasteiger charge is -2.20. The van der Waals surface area contributed by atoms with Gasteiger partial charge in [-0.25, -0.2) is 0 Å². The molecule has 1 heteroatoms. The van der Waals surface area contributed by atoms with Crippen LogP contribution in [0.5, 0.6) is 0 Å². The molecule has 0 N–H and O–H groups in total. The first-order chi connectivity index (χ1) is 8.16. The van der Waals surface area contributed by atoms with Crippen molar-refractivity contribution in [1.29, 1.82) is 0 Å². The fourth-order valence-corrected chi connectivity index (χ4v) is 6.53. The van der Waals surface area contributed by atoms with Crippen LogP contribution in [0.1, 0.15) is 5.56 Å². The lowest BCUT2D eigenvalue weighted by atomic mass is 10.0. The molecule has 0 aliphatic carbocycles. The normalized spacial score (nSPS) is 15.2. The van der Waals surface area contributed by atoms with Gasteiger partial charge in [-0.15, -0.1) is 0 Å². The molecule has 0 aromatic heterocycles. The predicted octanol–water partition coefficient (Wildman–Crippen LogP) is 3.13. The van der Waals surface area contributed by atoms with E-state index in [2.05, 4.69) is 62.1 Å². The van der Waals surface area contributed by atoms with E-state index in [0.717, 1.165) is 0 Å². The van der Waals surface area contributed by atoms with E-state index in [4.69, 9.17) is 0 Å². The highest BCUT2D eigenvalue weighted by Gasteiger charge is 2.38. The van der Waals surface area contributed by atoms with Gasteiger partial charge in [-0.3, -0.25) is 0 Å². The van der Waals surface area contributed by atoms with Crippen LogP contribution < -0.4 is 10.4 Å². The molecule has 0 atom stereocenters. The summed E-state index contributed by atoms with van der Waals surface area (Å²) in [6.07, 6.45) is 2.00. The highest BCUT2D eigenvalue weighted by molar-refractivity contribution is 7.04. The van der Waals surface area contributed by atoms with E-state index in [1.165, 1.54) is 16.7 Å². The lowest BCUT2D eigenvalue weighted by Crippen LogP contribution is -2.50. The van der Waals surface area contributed by atoms with Crippen molar-refractivity contribution in [2.24, 2.45) is 0 Å². The zero-order valence-corrected chi connectivity index (χ0v) is 11.3. The van der Waals surface area contributed by atoms with Crippen LogP contribution in [-0.2, 0) is 0 Å². The molecule has 0 saturated heterocycles. The second-order valence-electron chi connectivity index (χ2n) is 5.14. The Morgan fingerprint density at radius 3 is 2.41 bits per heavy atom. The van der Waals surface area contributed by atoms with Crippen LogP contribution in [-0.4, -0.2) is 8.07 Å². The van der Waals surface area contributed by atoms with E-state index >= 15 is 0 Å². The van der Waals surface area contributed by atoms with Gasteiger partial charge < -0.3 is 0 Å². The maximum absolute atomic E-state index is 3.96. The smallest absolute Gasteiger partial charge is 0.0985 e. The summed E-state index contributed by atoms with van der Waals surface area (Å²) in [5.41, 5.74) is 4.17. The molecule has 1 heterocycles. The third-order valence-electron chi connectivity index (χ3n) is 3.83. The molecule has 0 spiro atoms. The molecule has 0 bridgehead atoms. The molecule has 0 nitrogen and oxygen atoms in total. The Morgan fingerprint density at radius 2 is 1.65 bits per heavy atom. The summed E-state index contributed by atoms with van der Waals surface area (Å²) in [4.78, 5) is 0. The summed E-state index contributed by atoms with van der Waals surface area (Å²) in [5, 5.41) is 3.11. The van der Waals surface area contributed by atoms with Crippen molar-refractivity contribution in [3.63, 3.8) is 0 Å². The third-order valence-corrected chi connectivity index (χ3v) is 7.42. The topological polar surface area (TPSA) is 0 Å². The fourth-order valence-electron chi connectivity index (χ4n) is 3.06. The van der Waals surface area contributed by atoms with Crippen molar-refractivity contribution >= 4 is 24.5 Å². The molecule has 1 aliphatic rings. The molecule has 2 aromatic carbocycles. The Bertz CT molecular complexity index is 609. The van der Waals surface area contributed by atoms with Crippen molar-refractivity contribution in [2.45, 2.75) is 13.1 Å². The highest BCUT2D eigenvalue weighted by atomic mass is 28.3. The van der Waals surface area contributed by atoms with Crippen molar-refractivity contribution < 1.29 is 0 Å². The van der Waals surface area contributed by atoms with Crippen LogP contribution >= 0.6 is 0 Å². The molecular weight excluding hydrogens is 220 g/mol. The Kier molecular flexibility index (Phi) is 2.14. The first-order valence-electron chi connectivity index (χ1n) is 6.02. The molecule has 2 aromatic rings. The van der Waals surface area contributed by atoms with E-state index < -0.39 is 8.07 Å². The third kappa shape index (κ3) is 1.29. The summed E-state index contributed by atoms with van der Waals surface area (Å²) >= 11 is 0. The number of fused-ring (bicyclic) bond motifs is 3. The van der Waals surface area contributed by atoms with Crippen molar-refractivity contribution in [3.05, 3.63) is 54.6 Å². The zero-order chi connectivity index (χ0) is 12.0. The fraction of sp³-hybridized carbons (Fsp3) is 0.125. The van der Waals surface area contributed by atoms with Crippen molar-refractivity contribution in [3.8, 4) is 11.1 Å². The van der Waals surface area contributed by atoms with E-state index in [-0.39, 0.29) is 0 Å². The van der Waals surface area contributed by atoms with E-state index in [9.17, 15) is 0 Å². The van der Waals surface area contributed by atoms with Gasteiger partial charge in [-0.2, -0.15) is 0 Å². The standard InChI is InChI=1S/C16H16Si/c1-4-12-8-7-10-14-13-9-5-6-11-15(13)17(2,3)16(12)14/h4-11H,1H2,2-3H3. The number of hydrogen-bond acceptors (Lipinski definition) is 0. The molecule has 0 unspecified atom stereocenters. The minimum Gasteiger partial charge on any atom is -0.0985 e. The second kappa shape index (κ2) is 3.44. The van der Waals surface area contributed by atoms with Gasteiger partial charge in [-0.1, -0.05) is 68.2 Å². The zero-order valence-electron chi connectivity index (χ0n) is 10.3. The lowest BCUT2D eigenvalue weighted by molar-refractivity contribution is 1.68. The maximum atomic E-state index is 3.96. The monoisotopic (exact) mass is 236 g/mol. The first-order valence-corrected chi connectivity index (χ1v) is 9.02. The summed E-state index contributed by atoms with van der Waals surface area (Å²) < 4.78 is 0. The maximum Gasteiger partial charge on any atom is 0.114 e. The molecule has 84 valence electrons. The minimum atomic E-state index is -1.52. The average Bonchev–Trinajstić information content (AvgIpc) is 2.60. The van der Waals surface area contributed by atoms with Crippen LogP contribution in [0.15, 0.2) is 49.0 Å².